The van der Waals surface area contributed by atoms with E-state index in [1.165, 1.54) is 12.1 Å². The summed E-state index contributed by atoms with van der Waals surface area (Å²) in [7, 11) is -2.04. The average molecular weight is 391 g/mol. The Kier molecular flexibility index (Phi) is 7.38. The van der Waals surface area contributed by atoms with E-state index < -0.39 is 10.0 Å². The van der Waals surface area contributed by atoms with Gasteiger partial charge in [-0.1, -0.05) is 31.2 Å². The van der Waals surface area contributed by atoms with Crippen LogP contribution in [-0.2, 0) is 16.4 Å². The van der Waals surface area contributed by atoms with Gasteiger partial charge in [-0.3, -0.25) is 4.79 Å². The third kappa shape index (κ3) is 5.80. The van der Waals surface area contributed by atoms with E-state index in [0.717, 1.165) is 11.3 Å². The van der Waals surface area contributed by atoms with Gasteiger partial charge in [0.2, 0.25) is 10.0 Å². The monoisotopic (exact) mass is 390 g/mol. The molecule has 0 heterocycles. The van der Waals surface area contributed by atoms with Crippen LogP contribution in [0.4, 0.5) is 0 Å². The summed E-state index contributed by atoms with van der Waals surface area (Å²) < 4.78 is 32.7. The molecule has 1 unspecified atom stereocenters. The molecule has 0 aliphatic heterocycles. The molecule has 0 bridgehead atoms. The molecular formula is C20H26N2O4S. The molecule has 0 aromatic heterocycles. The van der Waals surface area contributed by atoms with Gasteiger partial charge in [0.25, 0.3) is 5.91 Å². The Morgan fingerprint density at radius 1 is 1.15 bits per heavy atom. The quantitative estimate of drug-likeness (QED) is 0.689. The normalized spacial score (nSPS) is 12.4. The zero-order valence-corrected chi connectivity index (χ0v) is 16.7. The van der Waals surface area contributed by atoms with Gasteiger partial charge in [-0.2, -0.15) is 0 Å². The van der Waals surface area contributed by atoms with Gasteiger partial charge in [0.1, 0.15) is 5.75 Å². The zero-order chi connectivity index (χ0) is 19.9. The highest BCUT2D eigenvalue weighted by atomic mass is 32.2. The first-order valence-electron chi connectivity index (χ1n) is 8.90. The molecule has 7 heteroatoms. The van der Waals surface area contributed by atoms with Crippen LogP contribution in [0.15, 0.2) is 53.4 Å². The first-order valence-corrected chi connectivity index (χ1v) is 10.4. The number of rotatable bonds is 9. The van der Waals surface area contributed by atoms with Crippen LogP contribution in [0.25, 0.3) is 0 Å². The maximum absolute atomic E-state index is 12.4. The first-order chi connectivity index (χ1) is 12.9. The molecule has 1 atom stereocenters. The Labute approximate surface area is 161 Å². The van der Waals surface area contributed by atoms with Crippen molar-refractivity contribution in [2.45, 2.75) is 37.6 Å². The molecule has 0 aliphatic carbocycles. The molecule has 2 aromatic carbocycles. The second-order valence-corrected chi connectivity index (χ2v) is 7.99. The van der Waals surface area contributed by atoms with E-state index in [1.54, 1.807) is 26.2 Å². The van der Waals surface area contributed by atoms with Gasteiger partial charge in [0, 0.05) is 18.2 Å². The highest BCUT2D eigenvalue weighted by Gasteiger charge is 2.18. The lowest BCUT2D eigenvalue weighted by atomic mass is 10.1. The maximum Gasteiger partial charge on any atom is 0.251 e. The van der Waals surface area contributed by atoms with Crippen LogP contribution in [0, 0.1) is 0 Å². The lowest BCUT2D eigenvalue weighted by Crippen LogP contribution is -2.32. The number of para-hydroxylation sites is 1. The fourth-order valence-corrected chi connectivity index (χ4v) is 3.92. The molecule has 0 fully saturated rings. The summed E-state index contributed by atoms with van der Waals surface area (Å²) >= 11 is 0. The number of hydrogen-bond acceptors (Lipinski definition) is 4. The molecule has 2 N–H and O–H groups in total. The predicted octanol–water partition coefficient (Wildman–Crippen LogP) is 2.74. The molecule has 2 aromatic rings. The molecule has 1 amide bonds. The summed E-state index contributed by atoms with van der Waals surface area (Å²) in [5.74, 6) is 0.460. The molecule has 27 heavy (non-hydrogen) atoms. The number of carbonyl (C=O) groups excluding carboxylic acids is 1. The third-order valence-electron chi connectivity index (χ3n) is 4.25. The number of hydrogen-bond donors (Lipinski definition) is 2. The number of sulfonamides is 1. The number of amides is 1. The van der Waals surface area contributed by atoms with Gasteiger partial charge in [-0.05, 0) is 49.6 Å². The molecule has 0 spiro atoms. The second-order valence-electron chi connectivity index (χ2n) is 6.28. The Morgan fingerprint density at radius 2 is 1.89 bits per heavy atom. The fourth-order valence-electron chi connectivity index (χ4n) is 2.54. The van der Waals surface area contributed by atoms with Crippen molar-refractivity contribution in [1.29, 1.82) is 0 Å². The van der Waals surface area contributed by atoms with Gasteiger partial charge in [0.05, 0.1) is 12.0 Å². The molecule has 2 rings (SSSR count). The third-order valence-corrected chi connectivity index (χ3v) is 5.83. The molecule has 0 saturated heterocycles. The summed E-state index contributed by atoms with van der Waals surface area (Å²) in [5.41, 5.74) is 1.30. The lowest BCUT2D eigenvalue weighted by molar-refractivity contribution is 0.0954. The molecule has 0 saturated carbocycles. The van der Waals surface area contributed by atoms with Crippen LogP contribution < -0.4 is 14.8 Å². The highest BCUT2D eigenvalue weighted by molar-refractivity contribution is 7.89. The van der Waals surface area contributed by atoms with E-state index in [1.807, 2.05) is 31.2 Å². The van der Waals surface area contributed by atoms with Crippen molar-refractivity contribution in [2.75, 3.05) is 13.7 Å². The Morgan fingerprint density at radius 3 is 2.59 bits per heavy atom. The number of methoxy groups -OCH3 is 1. The first kappa shape index (κ1) is 20.9. The van der Waals surface area contributed by atoms with Gasteiger partial charge in [0.15, 0.2) is 0 Å². The number of nitrogens with one attached hydrogen (secondary N) is 2. The SMILES string of the molecule is CCC(C)NS(=O)(=O)c1cccc(C(=O)NCCc2ccccc2OC)c1. The van der Waals surface area contributed by atoms with Gasteiger partial charge in [-0.25, -0.2) is 13.1 Å². The van der Waals surface area contributed by atoms with Crippen LogP contribution in [0.2, 0.25) is 0 Å². The summed E-state index contributed by atoms with van der Waals surface area (Å²) in [6.07, 6.45) is 1.30. The van der Waals surface area contributed by atoms with E-state index >= 15 is 0 Å². The van der Waals surface area contributed by atoms with Crippen LogP contribution >= 0.6 is 0 Å². The average Bonchev–Trinajstić information content (AvgIpc) is 2.68. The van der Waals surface area contributed by atoms with E-state index in [9.17, 15) is 13.2 Å². The molecule has 6 nitrogen and oxygen atoms in total. The van der Waals surface area contributed by atoms with E-state index in [0.29, 0.717) is 24.9 Å². The van der Waals surface area contributed by atoms with Crippen molar-refractivity contribution >= 4 is 15.9 Å². The topological polar surface area (TPSA) is 84.5 Å². The Hall–Kier alpha value is -2.38. The largest absolute Gasteiger partial charge is 0.496 e. The minimum absolute atomic E-state index is 0.0835. The van der Waals surface area contributed by atoms with Crippen molar-refractivity contribution < 1.29 is 17.9 Å². The van der Waals surface area contributed by atoms with Crippen molar-refractivity contribution in [2.24, 2.45) is 0 Å². The van der Waals surface area contributed by atoms with E-state index in [2.05, 4.69) is 10.0 Å². The van der Waals surface area contributed by atoms with Crippen LogP contribution in [0.5, 0.6) is 5.75 Å². The minimum Gasteiger partial charge on any atom is -0.496 e. The summed E-state index contributed by atoms with van der Waals surface area (Å²) in [5, 5.41) is 2.82. The Balaban J connectivity index is 2.03. The standard InChI is InChI=1S/C20H26N2O4S/c1-4-15(2)22-27(24,25)18-10-7-9-17(14-18)20(23)21-13-12-16-8-5-6-11-19(16)26-3/h5-11,14-15,22H,4,12-13H2,1-3H3,(H,21,23). The molecular weight excluding hydrogens is 364 g/mol. The maximum atomic E-state index is 12.4. The van der Waals surface area contributed by atoms with Crippen LogP contribution in [-0.4, -0.2) is 34.0 Å². The van der Waals surface area contributed by atoms with Crippen molar-refractivity contribution in [3.8, 4) is 5.75 Å². The van der Waals surface area contributed by atoms with E-state index in [-0.39, 0.29) is 16.8 Å². The van der Waals surface area contributed by atoms with Gasteiger partial charge >= 0.3 is 0 Å². The minimum atomic E-state index is -3.65. The highest BCUT2D eigenvalue weighted by Crippen LogP contribution is 2.17. The summed E-state index contributed by atoms with van der Waals surface area (Å²) in [4.78, 5) is 12.5. The van der Waals surface area contributed by atoms with Crippen LogP contribution in [0.1, 0.15) is 36.2 Å². The number of ether oxygens (including phenoxy) is 1. The van der Waals surface area contributed by atoms with Gasteiger partial charge < -0.3 is 10.1 Å². The smallest absolute Gasteiger partial charge is 0.251 e. The van der Waals surface area contributed by atoms with Crippen molar-refractivity contribution in [1.82, 2.24) is 10.0 Å². The predicted molar refractivity (Wildman–Crippen MR) is 106 cm³/mol. The van der Waals surface area contributed by atoms with Crippen molar-refractivity contribution in [3.63, 3.8) is 0 Å². The van der Waals surface area contributed by atoms with Crippen molar-refractivity contribution in [3.05, 3.63) is 59.7 Å². The second kappa shape index (κ2) is 9.53. The fraction of sp³-hybridized carbons (Fsp3) is 0.350. The molecule has 0 radical (unpaired) electrons. The summed E-state index contributed by atoms with van der Waals surface area (Å²) in [6, 6.07) is 13.5. The van der Waals surface area contributed by atoms with E-state index in [4.69, 9.17) is 4.74 Å². The summed E-state index contributed by atoms with van der Waals surface area (Å²) in [6.45, 7) is 4.12. The number of benzene rings is 2. The lowest BCUT2D eigenvalue weighted by Gasteiger charge is -2.13. The number of carbonyl (C=O) groups is 1. The molecule has 0 aliphatic rings. The molecule has 146 valence electrons. The zero-order valence-electron chi connectivity index (χ0n) is 15.9. The van der Waals surface area contributed by atoms with Gasteiger partial charge in [-0.15, -0.1) is 0 Å². The van der Waals surface area contributed by atoms with Crippen LogP contribution in [0.3, 0.4) is 0 Å². The Bertz CT molecular complexity index is 881.